The molecule has 6 aliphatic rings. The van der Waals surface area contributed by atoms with Crippen molar-refractivity contribution in [3.63, 3.8) is 0 Å². The Balaban J connectivity index is 1.20. The molecule has 6 rings (SSSR count). The second-order valence-electron chi connectivity index (χ2n) is 14.5. The Morgan fingerprint density at radius 3 is 2.50 bits per heavy atom. The highest BCUT2D eigenvalue weighted by Gasteiger charge is 2.71. The summed E-state index contributed by atoms with van der Waals surface area (Å²) >= 11 is 0. The average Bonchev–Trinajstić information content (AvgIpc) is 3.44. The Hall–Kier alpha value is -1.56. The third-order valence-corrected chi connectivity index (χ3v) is 12.6. The maximum atomic E-state index is 12.7. The molecule has 4 saturated carbocycles. The summed E-state index contributed by atoms with van der Waals surface area (Å²) in [5.41, 5.74) is -0.720. The molecule has 42 heavy (non-hydrogen) atoms. The van der Waals surface area contributed by atoms with Gasteiger partial charge in [0.05, 0.1) is 17.8 Å². The Morgan fingerprint density at radius 2 is 1.83 bits per heavy atom. The summed E-state index contributed by atoms with van der Waals surface area (Å²) < 4.78 is 28.7. The molecule has 0 bridgehead atoms. The standard InChI is InChI=1S/C32H48O10/c1-16-26(35)28(38-5)27(36)29(40-16)42-20-8-10-30(3)19(13-20)6-7-22-21(30)9-11-31(4)25(18-12-24(34)39-15-18)23(41-17(2)33)14-32(22,31)37/h12,16,19-23,25-29,35-37H,6-11,13-15H2,1-5H3/t16-,19+,20-,21-,22+,23-,25-,26-,27+,28-,29-,30-,31+,32-/m0/s1. The number of cyclic esters (lactones) is 1. The molecule has 5 fully saturated rings. The summed E-state index contributed by atoms with van der Waals surface area (Å²) in [6, 6.07) is 0. The number of carbonyl (C=O) groups is 2. The largest absolute Gasteiger partial charge is 0.462 e. The molecule has 0 spiro atoms. The smallest absolute Gasteiger partial charge is 0.331 e. The van der Waals surface area contributed by atoms with Crippen molar-refractivity contribution in [3.05, 3.63) is 11.6 Å². The highest BCUT2D eigenvalue weighted by atomic mass is 16.7. The fraction of sp³-hybridized carbons (Fsp3) is 0.875. The van der Waals surface area contributed by atoms with Crippen molar-refractivity contribution in [1.82, 2.24) is 0 Å². The summed E-state index contributed by atoms with van der Waals surface area (Å²) in [6.07, 6.45) is 3.36. The second kappa shape index (κ2) is 10.8. The molecule has 10 heteroatoms. The van der Waals surface area contributed by atoms with E-state index < -0.39 is 47.8 Å². The zero-order valence-corrected chi connectivity index (χ0v) is 25.5. The molecular formula is C32H48O10. The van der Waals surface area contributed by atoms with Crippen LogP contribution < -0.4 is 0 Å². The van der Waals surface area contributed by atoms with Crippen LogP contribution in [-0.4, -0.2) is 89.5 Å². The van der Waals surface area contributed by atoms with E-state index in [-0.39, 0.29) is 41.9 Å². The molecule has 3 N–H and O–H groups in total. The summed E-state index contributed by atoms with van der Waals surface area (Å²) in [4.78, 5) is 24.2. The van der Waals surface area contributed by atoms with E-state index in [1.54, 1.807) is 6.92 Å². The van der Waals surface area contributed by atoms with Crippen LogP contribution >= 0.6 is 0 Å². The zero-order chi connectivity index (χ0) is 30.2. The predicted molar refractivity (Wildman–Crippen MR) is 149 cm³/mol. The summed E-state index contributed by atoms with van der Waals surface area (Å²) in [6.45, 7) is 7.85. The van der Waals surface area contributed by atoms with Gasteiger partial charge in [-0.05, 0) is 80.6 Å². The number of esters is 2. The third-order valence-electron chi connectivity index (χ3n) is 12.6. The second-order valence-corrected chi connectivity index (χ2v) is 14.5. The van der Waals surface area contributed by atoms with Crippen LogP contribution in [0.5, 0.6) is 0 Å². The van der Waals surface area contributed by atoms with Gasteiger partial charge in [-0.25, -0.2) is 4.79 Å². The molecule has 236 valence electrons. The highest BCUT2D eigenvalue weighted by molar-refractivity contribution is 5.85. The quantitative estimate of drug-likeness (QED) is 0.322. The van der Waals surface area contributed by atoms with E-state index in [9.17, 15) is 24.9 Å². The van der Waals surface area contributed by atoms with Crippen molar-refractivity contribution in [3.8, 4) is 0 Å². The van der Waals surface area contributed by atoms with Gasteiger partial charge in [0.15, 0.2) is 6.29 Å². The normalized spacial score (nSPS) is 52.0. The third kappa shape index (κ3) is 4.58. The molecule has 4 aliphatic carbocycles. The molecule has 0 aromatic heterocycles. The average molecular weight is 593 g/mol. The van der Waals surface area contributed by atoms with Crippen molar-refractivity contribution in [2.24, 2.45) is 34.5 Å². The van der Waals surface area contributed by atoms with Crippen LogP contribution in [0.4, 0.5) is 0 Å². The van der Waals surface area contributed by atoms with Gasteiger partial charge in [-0.3, -0.25) is 4.79 Å². The lowest BCUT2D eigenvalue weighted by molar-refractivity contribution is -0.313. The molecule has 0 aromatic rings. The predicted octanol–water partition coefficient (Wildman–Crippen LogP) is 2.65. The van der Waals surface area contributed by atoms with Gasteiger partial charge in [0, 0.05) is 37.9 Å². The van der Waals surface area contributed by atoms with Crippen LogP contribution in [-0.2, 0) is 33.3 Å². The lowest BCUT2D eigenvalue weighted by atomic mass is 9.43. The Kier molecular flexibility index (Phi) is 7.84. The minimum absolute atomic E-state index is 0.0190. The monoisotopic (exact) mass is 592 g/mol. The number of hydrogen-bond acceptors (Lipinski definition) is 10. The lowest BCUT2D eigenvalue weighted by Crippen LogP contribution is -2.62. The first-order valence-electron chi connectivity index (χ1n) is 15.8. The van der Waals surface area contributed by atoms with E-state index in [2.05, 4.69) is 13.8 Å². The molecule has 0 amide bonds. The van der Waals surface area contributed by atoms with E-state index in [4.69, 9.17) is 23.7 Å². The van der Waals surface area contributed by atoms with Crippen molar-refractivity contribution in [2.75, 3.05) is 13.7 Å². The molecule has 2 aliphatic heterocycles. The Bertz CT molecular complexity index is 1110. The zero-order valence-electron chi connectivity index (χ0n) is 25.5. The van der Waals surface area contributed by atoms with E-state index in [0.29, 0.717) is 18.3 Å². The number of ether oxygens (including phenoxy) is 5. The summed E-state index contributed by atoms with van der Waals surface area (Å²) in [5, 5.41) is 33.8. The fourth-order valence-electron chi connectivity index (χ4n) is 10.4. The lowest BCUT2D eigenvalue weighted by Gasteiger charge is -2.63. The van der Waals surface area contributed by atoms with Crippen LogP contribution in [0.1, 0.15) is 79.1 Å². The number of aliphatic hydroxyl groups is 3. The van der Waals surface area contributed by atoms with Crippen molar-refractivity contribution in [1.29, 1.82) is 0 Å². The van der Waals surface area contributed by atoms with Crippen LogP contribution in [0.15, 0.2) is 11.6 Å². The number of carbonyl (C=O) groups excluding carboxylic acids is 2. The summed E-state index contributed by atoms with van der Waals surface area (Å²) in [5.74, 6) is -0.234. The first kappa shape index (κ1) is 30.5. The van der Waals surface area contributed by atoms with E-state index >= 15 is 0 Å². The number of methoxy groups -OCH3 is 1. The van der Waals surface area contributed by atoms with Crippen molar-refractivity contribution < 1.29 is 48.6 Å². The van der Waals surface area contributed by atoms with E-state index in [1.807, 2.05) is 0 Å². The first-order valence-corrected chi connectivity index (χ1v) is 15.8. The molecule has 0 aromatic carbocycles. The van der Waals surface area contributed by atoms with Gasteiger partial charge in [-0.15, -0.1) is 0 Å². The molecule has 10 nitrogen and oxygen atoms in total. The van der Waals surface area contributed by atoms with Gasteiger partial charge in [0.1, 0.15) is 31.0 Å². The maximum Gasteiger partial charge on any atom is 0.331 e. The number of hydrogen-bond donors (Lipinski definition) is 3. The van der Waals surface area contributed by atoms with Crippen molar-refractivity contribution >= 4 is 11.9 Å². The van der Waals surface area contributed by atoms with Crippen LogP contribution in [0.25, 0.3) is 0 Å². The maximum absolute atomic E-state index is 12.7. The minimum atomic E-state index is -1.08. The van der Waals surface area contributed by atoms with Gasteiger partial charge in [-0.2, -0.15) is 0 Å². The molecule has 0 radical (unpaired) electrons. The first-order chi connectivity index (χ1) is 19.8. The van der Waals surface area contributed by atoms with Crippen LogP contribution in [0, 0.1) is 34.5 Å². The Labute approximate surface area is 248 Å². The number of rotatable bonds is 5. The molecular weight excluding hydrogens is 544 g/mol. The van der Waals surface area contributed by atoms with Gasteiger partial charge in [0.25, 0.3) is 0 Å². The van der Waals surface area contributed by atoms with E-state index in [1.165, 1.54) is 20.1 Å². The van der Waals surface area contributed by atoms with Gasteiger partial charge in [0.2, 0.25) is 0 Å². The number of aliphatic hydroxyl groups excluding tert-OH is 2. The topological polar surface area (TPSA) is 141 Å². The van der Waals surface area contributed by atoms with Crippen LogP contribution in [0.3, 0.4) is 0 Å². The van der Waals surface area contributed by atoms with Gasteiger partial charge in [-0.1, -0.05) is 13.8 Å². The SMILES string of the molecule is CO[C@H]1[C@@H](O)[C@H](C)O[C@@H](O[C@H]2CC[C@@]3(C)[C@H](CC[C@@H]4[C@@H]3CC[C@]3(C)[C@@H](C5=CC(=O)OC5)[C@@H](OC(C)=O)C[C@]43O)C2)[C@@H]1O. The minimum Gasteiger partial charge on any atom is -0.462 e. The van der Waals surface area contributed by atoms with Crippen LogP contribution in [0.2, 0.25) is 0 Å². The molecule has 1 saturated heterocycles. The fourth-order valence-corrected chi connectivity index (χ4v) is 10.4. The summed E-state index contributed by atoms with van der Waals surface area (Å²) in [7, 11) is 1.47. The molecule has 2 heterocycles. The van der Waals surface area contributed by atoms with Gasteiger partial charge >= 0.3 is 11.9 Å². The number of fused-ring (bicyclic) bond motifs is 5. The molecule has 0 unspecified atom stereocenters. The highest BCUT2D eigenvalue weighted by Crippen LogP contribution is 2.70. The molecule has 14 atom stereocenters. The van der Waals surface area contributed by atoms with Crippen molar-refractivity contribution in [2.45, 2.75) is 128 Å². The van der Waals surface area contributed by atoms with E-state index in [0.717, 1.165) is 50.5 Å². The van der Waals surface area contributed by atoms with Gasteiger partial charge < -0.3 is 39.0 Å². The Morgan fingerprint density at radius 1 is 1.07 bits per heavy atom.